The monoisotopic (exact) mass is 246 g/mol. The standard InChI is InChI=1S/C17H14N2/c18-16-9-6-13(7-10-16)3-4-14-5-8-15-2-1-11-19-17(15)12-14/h1-12H,18H2/b4-3-. The minimum Gasteiger partial charge on any atom is -0.399 e. The van der Waals surface area contributed by atoms with E-state index in [0.717, 1.165) is 27.7 Å². The summed E-state index contributed by atoms with van der Waals surface area (Å²) in [5.74, 6) is 0. The Kier molecular flexibility index (Phi) is 2.99. The second kappa shape index (κ2) is 4.94. The molecule has 0 bridgehead atoms. The molecule has 2 aromatic carbocycles. The second-order valence-corrected chi connectivity index (χ2v) is 4.46. The third-order valence-electron chi connectivity index (χ3n) is 3.03. The Balaban J connectivity index is 1.90. The van der Waals surface area contributed by atoms with Crippen molar-refractivity contribution in [3.05, 3.63) is 71.9 Å². The third kappa shape index (κ3) is 2.63. The summed E-state index contributed by atoms with van der Waals surface area (Å²) in [6.07, 6.45) is 5.97. The van der Waals surface area contributed by atoms with Crippen LogP contribution in [0.15, 0.2) is 60.8 Å². The van der Waals surface area contributed by atoms with Crippen molar-refractivity contribution in [2.45, 2.75) is 0 Å². The van der Waals surface area contributed by atoms with Crippen LogP contribution in [0, 0.1) is 0 Å². The molecule has 0 unspecified atom stereocenters. The van der Waals surface area contributed by atoms with Crippen molar-refractivity contribution in [1.82, 2.24) is 4.98 Å². The molecule has 0 atom stereocenters. The normalized spacial score (nSPS) is 11.2. The van der Waals surface area contributed by atoms with Crippen LogP contribution >= 0.6 is 0 Å². The van der Waals surface area contributed by atoms with Crippen LogP contribution in [0.5, 0.6) is 0 Å². The molecule has 19 heavy (non-hydrogen) atoms. The van der Waals surface area contributed by atoms with Gasteiger partial charge in [-0.05, 0) is 35.4 Å². The minimum absolute atomic E-state index is 0.784. The fourth-order valence-corrected chi connectivity index (χ4v) is 1.99. The van der Waals surface area contributed by atoms with Gasteiger partial charge in [-0.25, -0.2) is 0 Å². The number of anilines is 1. The van der Waals surface area contributed by atoms with E-state index < -0.39 is 0 Å². The maximum absolute atomic E-state index is 5.66. The maximum Gasteiger partial charge on any atom is 0.0707 e. The van der Waals surface area contributed by atoms with Crippen LogP contribution in [0.1, 0.15) is 11.1 Å². The van der Waals surface area contributed by atoms with Gasteiger partial charge in [-0.15, -0.1) is 0 Å². The predicted molar refractivity (Wildman–Crippen MR) is 81.5 cm³/mol. The quantitative estimate of drug-likeness (QED) is 0.548. The number of nitrogens with two attached hydrogens (primary N) is 1. The van der Waals surface area contributed by atoms with E-state index in [-0.39, 0.29) is 0 Å². The molecular formula is C17H14N2. The van der Waals surface area contributed by atoms with E-state index >= 15 is 0 Å². The molecule has 1 heterocycles. The zero-order chi connectivity index (χ0) is 13.1. The summed E-state index contributed by atoms with van der Waals surface area (Å²) in [4.78, 5) is 4.36. The number of hydrogen-bond acceptors (Lipinski definition) is 2. The van der Waals surface area contributed by atoms with Gasteiger partial charge in [0.05, 0.1) is 5.52 Å². The highest BCUT2D eigenvalue weighted by Crippen LogP contribution is 2.16. The van der Waals surface area contributed by atoms with Crippen LogP contribution in [-0.4, -0.2) is 4.98 Å². The van der Waals surface area contributed by atoms with Crippen LogP contribution in [0.4, 0.5) is 5.69 Å². The zero-order valence-corrected chi connectivity index (χ0v) is 10.5. The van der Waals surface area contributed by atoms with E-state index in [1.165, 1.54) is 0 Å². The topological polar surface area (TPSA) is 38.9 Å². The molecule has 0 aliphatic heterocycles. The SMILES string of the molecule is Nc1ccc(/C=C\c2ccc3cccnc3c2)cc1. The van der Waals surface area contributed by atoms with Gasteiger partial charge < -0.3 is 5.73 Å². The van der Waals surface area contributed by atoms with Crippen molar-refractivity contribution in [1.29, 1.82) is 0 Å². The van der Waals surface area contributed by atoms with Crippen molar-refractivity contribution in [3.63, 3.8) is 0 Å². The van der Waals surface area contributed by atoms with Gasteiger partial charge in [0.15, 0.2) is 0 Å². The van der Waals surface area contributed by atoms with E-state index in [4.69, 9.17) is 5.73 Å². The molecule has 1 aromatic heterocycles. The van der Waals surface area contributed by atoms with Crippen LogP contribution in [-0.2, 0) is 0 Å². The van der Waals surface area contributed by atoms with E-state index in [9.17, 15) is 0 Å². The van der Waals surface area contributed by atoms with Crippen molar-refractivity contribution in [2.75, 3.05) is 5.73 Å². The molecule has 0 radical (unpaired) electrons. The van der Waals surface area contributed by atoms with Gasteiger partial charge in [0.2, 0.25) is 0 Å². The first-order chi connectivity index (χ1) is 9.31. The maximum atomic E-state index is 5.66. The first kappa shape index (κ1) is 11.5. The van der Waals surface area contributed by atoms with E-state index in [0.29, 0.717) is 0 Å². The highest BCUT2D eigenvalue weighted by Gasteiger charge is 1.94. The number of rotatable bonds is 2. The Morgan fingerprint density at radius 1 is 0.842 bits per heavy atom. The molecule has 3 aromatic rings. The summed E-state index contributed by atoms with van der Waals surface area (Å²) in [6, 6.07) is 18.1. The number of hydrogen-bond donors (Lipinski definition) is 1. The molecule has 0 amide bonds. The van der Waals surface area contributed by atoms with Crippen molar-refractivity contribution < 1.29 is 0 Å². The molecule has 0 spiro atoms. The summed E-state index contributed by atoms with van der Waals surface area (Å²) in [5, 5.41) is 1.16. The lowest BCUT2D eigenvalue weighted by atomic mass is 10.1. The fraction of sp³-hybridized carbons (Fsp3) is 0. The Morgan fingerprint density at radius 2 is 1.58 bits per heavy atom. The Hall–Kier alpha value is -2.61. The molecular weight excluding hydrogens is 232 g/mol. The average molecular weight is 246 g/mol. The Morgan fingerprint density at radius 3 is 2.42 bits per heavy atom. The lowest BCUT2D eigenvalue weighted by Crippen LogP contribution is -1.82. The van der Waals surface area contributed by atoms with Gasteiger partial charge in [-0.2, -0.15) is 0 Å². The molecule has 2 N–H and O–H groups in total. The summed E-state index contributed by atoms with van der Waals surface area (Å²) in [5.41, 5.74) is 9.74. The smallest absolute Gasteiger partial charge is 0.0707 e. The minimum atomic E-state index is 0.784. The number of aromatic nitrogens is 1. The number of nitrogens with zero attached hydrogens (tertiary/aromatic N) is 1. The molecule has 92 valence electrons. The number of fused-ring (bicyclic) bond motifs is 1. The first-order valence-electron chi connectivity index (χ1n) is 6.20. The molecule has 0 fully saturated rings. The van der Waals surface area contributed by atoms with E-state index in [2.05, 4.69) is 41.4 Å². The van der Waals surface area contributed by atoms with Gasteiger partial charge in [-0.1, -0.05) is 42.5 Å². The molecule has 0 saturated heterocycles. The van der Waals surface area contributed by atoms with Crippen molar-refractivity contribution in [3.8, 4) is 0 Å². The molecule has 3 rings (SSSR count). The summed E-state index contributed by atoms with van der Waals surface area (Å²) < 4.78 is 0. The number of nitrogen functional groups attached to an aromatic ring is 1. The van der Waals surface area contributed by atoms with Gasteiger partial charge >= 0.3 is 0 Å². The van der Waals surface area contributed by atoms with Crippen LogP contribution in [0.3, 0.4) is 0 Å². The number of pyridine rings is 1. The number of benzene rings is 2. The Labute approximate surface area is 112 Å². The van der Waals surface area contributed by atoms with Crippen molar-refractivity contribution in [2.24, 2.45) is 0 Å². The predicted octanol–water partition coefficient (Wildman–Crippen LogP) is 3.99. The van der Waals surface area contributed by atoms with E-state index in [1.54, 1.807) is 0 Å². The first-order valence-corrected chi connectivity index (χ1v) is 6.20. The Bertz CT molecular complexity index is 728. The highest BCUT2D eigenvalue weighted by atomic mass is 14.6. The van der Waals surface area contributed by atoms with Gasteiger partial charge in [-0.3, -0.25) is 4.98 Å². The van der Waals surface area contributed by atoms with Crippen LogP contribution in [0.25, 0.3) is 23.1 Å². The van der Waals surface area contributed by atoms with Gasteiger partial charge in [0.25, 0.3) is 0 Å². The fourth-order valence-electron chi connectivity index (χ4n) is 1.99. The average Bonchev–Trinajstić information content (AvgIpc) is 2.46. The van der Waals surface area contributed by atoms with Gasteiger partial charge in [0, 0.05) is 17.3 Å². The molecule has 0 aliphatic rings. The summed E-state index contributed by atoms with van der Waals surface area (Å²) in [6.45, 7) is 0. The molecule has 0 aliphatic carbocycles. The molecule has 0 saturated carbocycles. The molecule has 2 heteroatoms. The van der Waals surface area contributed by atoms with Crippen molar-refractivity contribution >= 4 is 28.7 Å². The summed E-state index contributed by atoms with van der Waals surface area (Å²) in [7, 11) is 0. The van der Waals surface area contributed by atoms with Crippen LogP contribution in [0.2, 0.25) is 0 Å². The highest BCUT2D eigenvalue weighted by molar-refractivity contribution is 5.82. The molecule has 2 nitrogen and oxygen atoms in total. The lowest BCUT2D eigenvalue weighted by Gasteiger charge is -1.99. The van der Waals surface area contributed by atoms with E-state index in [1.807, 2.05) is 36.5 Å². The van der Waals surface area contributed by atoms with Gasteiger partial charge in [0.1, 0.15) is 0 Å². The third-order valence-corrected chi connectivity index (χ3v) is 3.03. The summed E-state index contributed by atoms with van der Waals surface area (Å²) >= 11 is 0. The van der Waals surface area contributed by atoms with Crippen LogP contribution < -0.4 is 5.73 Å². The lowest BCUT2D eigenvalue weighted by molar-refractivity contribution is 1.41. The zero-order valence-electron chi connectivity index (χ0n) is 10.5. The second-order valence-electron chi connectivity index (χ2n) is 4.46. The largest absolute Gasteiger partial charge is 0.399 e.